The van der Waals surface area contributed by atoms with Crippen LogP contribution in [0.1, 0.15) is 16.8 Å². The van der Waals surface area contributed by atoms with E-state index in [9.17, 15) is 0 Å². The molecule has 4 rings (SSSR count). The summed E-state index contributed by atoms with van der Waals surface area (Å²) in [5.74, 6) is 1.97. The highest BCUT2D eigenvalue weighted by Gasteiger charge is 2.23. The first-order chi connectivity index (χ1) is 11.7. The summed E-state index contributed by atoms with van der Waals surface area (Å²) in [5.41, 5.74) is 4.62. The third-order valence-electron chi connectivity index (χ3n) is 4.31. The van der Waals surface area contributed by atoms with Crippen molar-refractivity contribution < 1.29 is 4.74 Å². The van der Waals surface area contributed by atoms with Crippen LogP contribution in [0.3, 0.4) is 0 Å². The summed E-state index contributed by atoms with van der Waals surface area (Å²) in [6, 6.07) is 15.9. The average Bonchev–Trinajstić information content (AvgIpc) is 3.20. The Morgan fingerprint density at radius 2 is 2.04 bits per heavy atom. The van der Waals surface area contributed by atoms with Crippen LogP contribution in [0.4, 0.5) is 5.82 Å². The Hall–Kier alpha value is -2.46. The van der Waals surface area contributed by atoms with E-state index in [4.69, 9.17) is 21.4 Å². The first-order valence-electron chi connectivity index (χ1n) is 7.98. The Morgan fingerprint density at radius 3 is 2.83 bits per heavy atom. The third kappa shape index (κ3) is 2.74. The fraction of sp³-hybridized carbons (Fsp3) is 0.211. The Bertz CT molecular complexity index is 871. The molecule has 5 heteroatoms. The number of hydrogen-bond donors (Lipinski definition) is 1. The summed E-state index contributed by atoms with van der Waals surface area (Å²) in [4.78, 5) is 0. The van der Waals surface area contributed by atoms with Crippen LogP contribution in [0.25, 0.3) is 5.69 Å². The van der Waals surface area contributed by atoms with Gasteiger partial charge in [0.2, 0.25) is 0 Å². The first-order valence-corrected chi connectivity index (χ1v) is 8.36. The van der Waals surface area contributed by atoms with Crippen LogP contribution in [0, 0.1) is 0 Å². The van der Waals surface area contributed by atoms with Crippen molar-refractivity contribution in [2.75, 3.05) is 19.0 Å². The largest absolute Gasteiger partial charge is 0.497 e. The molecular formula is C19H18ClN3O. The summed E-state index contributed by atoms with van der Waals surface area (Å²) in [6.07, 6.45) is 1.80. The Labute approximate surface area is 146 Å². The minimum absolute atomic E-state index is 0.729. The van der Waals surface area contributed by atoms with E-state index in [0.29, 0.717) is 0 Å². The van der Waals surface area contributed by atoms with E-state index < -0.39 is 0 Å². The van der Waals surface area contributed by atoms with Crippen molar-refractivity contribution in [3.63, 3.8) is 0 Å². The third-order valence-corrected chi connectivity index (χ3v) is 4.56. The van der Waals surface area contributed by atoms with E-state index in [-0.39, 0.29) is 0 Å². The van der Waals surface area contributed by atoms with Crippen molar-refractivity contribution in [2.24, 2.45) is 0 Å². The summed E-state index contributed by atoms with van der Waals surface area (Å²) in [5, 5.41) is 9.03. The summed E-state index contributed by atoms with van der Waals surface area (Å²) in [6.45, 7) is 0.950. The SMILES string of the molecule is COc1cccc(Cc2nn(-c3ccc(Cl)cc3)c3c2CCN3)c1. The van der Waals surface area contributed by atoms with Crippen molar-refractivity contribution in [2.45, 2.75) is 12.8 Å². The van der Waals surface area contributed by atoms with Crippen LogP contribution in [0.2, 0.25) is 5.02 Å². The lowest BCUT2D eigenvalue weighted by Crippen LogP contribution is -2.05. The molecule has 3 aromatic rings. The molecule has 4 nitrogen and oxygen atoms in total. The number of rotatable bonds is 4. The van der Waals surface area contributed by atoms with Gasteiger partial charge in [-0.1, -0.05) is 23.7 Å². The van der Waals surface area contributed by atoms with Gasteiger partial charge in [-0.05, 0) is 48.4 Å². The second-order valence-corrected chi connectivity index (χ2v) is 6.30. The number of aromatic nitrogens is 2. The number of ether oxygens (including phenoxy) is 1. The highest BCUT2D eigenvalue weighted by atomic mass is 35.5. The van der Waals surface area contributed by atoms with Crippen molar-refractivity contribution >= 4 is 17.4 Å². The zero-order valence-corrected chi connectivity index (χ0v) is 14.2. The standard InChI is InChI=1S/C19H18ClN3O/c1-24-16-4-2-3-13(11-16)12-18-17-9-10-21-19(17)23(22-18)15-7-5-14(20)6-8-15/h2-8,11,21H,9-10,12H2,1H3. The van der Waals surface area contributed by atoms with E-state index in [1.165, 1.54) is 11.1 Å². The number of fused-ring (bicyclic) bond motifs is 1. The molecule has 122 valence electrons. The summed E-state index contributed by atoms with van der Waals surface area (Å²) < 4.78 is 7.30. The molecule has 1 aromatic heterocycles. The van der Waals surface area contributed by atoms with Crippen LogP contribution >= 0.6 is 11.6 Å². The lowest BCUT2D eigenvalue weighted by atomic mass is 10.1. The highest BCUT2D eigenvalue weighted by molar-refractivity contribution is 6.30. The molecule has 0 fully saturated rings. The average molecular weight is 340 g/mol. The van der Waals surface area contributed by atoms with Gasteiger partial charge in [0.1, 0.15) is 11.6 Å². The van der Waals surface area contributed by atoms with Gasteiger partial charge in [-0.15, -0.1) is 0 Å². The molecule has 2 heterocycles. The predicted octanol–water partition coefficient (Wildman–Crippen LogP) is 4.09. The maximum absolute atomic E-state index is 6.00. The lowest BCUT2D eigenvalue weighted by molar-refractivity contribution is 0.414. The topological polar surface area (TPSA) is 39.1 Å². The van der Waals surface area contributed by atoms with Gasteiger partial charge in [0, 0.05) is 23.6 Å². The molecule has 0 spiro atoms. The van der Waals surface area contributed by atoms with Crippen LogP contribution in [0.5, 0.6) is 5.75 Å². The molecule has 0 unspecified atom stereocenters. The molecule has 0 saturated heterocycles. The predicted molar refractivity (Wildman–Crippen MR) is 96.6 cm³/mol. The Balaban J connectivity index is 1.71. The zero-order valence-electron chi connectivity index (χ0n) is 13.4. The number of nitrogens with zero attached hydrogens (tertiary/aromatic N) is 2. The quantitative estimate of drug-likeness (QED) is 0.778. The van der Waals surface area contributed by atoms with Gasteiger partial charge in [0.15, 0.2) is 0 Å². The molecule has 0 saturated carbocycles. The molecule has 0 bridgehead atoms. The fourth-order valence-corrected chi connectivity index (χ4v) is 3.26. The van der Waals surface area contributed by atoms with Crippen LogP contribution < -0.4 is 10.1 Å². The van der Waals surface area contributed by atoms with Crippen molar-refractivity contribution in [3.05, 3.63) is 70.4 Å². The summed E-state index contributed by atoms with van der Waals surface area (Å²) >= 11 is 6.00. The molecule has 0 atom stereocenters. The van der Waals surface area contributed by atoms with Gasteiger partial charge < -0.3 is 10.1 Å². The lowest BCUT2D eigenvalue weighted by Gasteiger charge is -2.06. The molecule has 2 aromatic carbocycles. The fourth-order valence-electron chi connectivity index (χ4n) is 3.13. The normalized spacial score (nSPS) is 12.8. The first kappa shape index (κ1) is 15.1. The highest BCUT2D eigenvalue weighted by Crippen LogP contribution is 2.30. The van der Waals surface area contributed by atoms with Gasteiger partial charge in [-0.3, -0.25) is 0 Å². The summed E-state index contributed by atoms with van der Waals surface area (Å²) in [7, 11) is 1.69. The molecule has 1 aliphatic heterocycles. The zero-order chi connectivity index (χ0) is 16.5. The number of halogens is 1. The van der Waals surface area contributed by atoms with Crippen LogP contribution in [0.15, 0.2) is 48.5 Å². The second kappa shape index (κ2) is 6.21. The van der Waals surface area contributed by atoms with Gasteiger partial charge in [-0.25, -0.2) is 4.68 Å². The van der Waals surface area contributed by atoms with Crippen molar-refractivity contribution in [1.82, 2.24) is 9.78 Å². The number of anilines is 1. The molecular weight excluding hydrogens is 322 g/mol. The van der Waals surface area contributed by atoms with E-state index in [2.05, 4.69) is 17.4 Å². The molecule has 24 heavy (non-hydrogen) atoms. The monoisotopic (exact) mass is 339 g/mol. The minimum Gasteiger partial charge on any atom is -0.497 e. The van der Waals surface area contributed by atoms with Gasteiger partial charge in [-0.2, -0.15) is 5.10 Å². The number of benzene rings is 2. The Kier molecular flexibility index (Phi) is 3.90. The molecule has 0 aliphatic carbocycles. The maximum atomic E-state index is 6.00. The number of hydrogen-bond acceptors (Lipinski definition) is 3. The smallest absolute Gasteiger partial charge is 0.133 e. The number of methoxy groups -OCH3 is 1. The van der Waals surface area contributed by atoms with E-state index in [1.54, 1.807) is 7.11 Å². The minimum atomic E-state index is 0.729. The molecule has 0 amide bonds. The van der Waals surface area contributed by atoms with Crippen molar-refractivity contribution in [3.8, 4) is 11.4 Å². The van der Waals surface area contributed by atoms with Gasteiger partial charge in [0.25, 0.3) is 0 Å². The second-order valence-electron chi connectivity index (χ2n) is 5.87. The molecule has 1 N–H and O–H groups in total. The maximum Gasteiger partial charge on any atom is 0.133 e. The van der Waals surface area contributed by atoms with Crippen molar-refractivity contribution in [1.29, 1.82) is 0 Å². The number of nitrogens with one attached hydrogen (secondary N) is 1. The van der Waals surface area contributed by atoms with Gasteiger partial charge in [0.05, 0.1) is 18.5 Å². The molecule has 1 aliphatic rings. The van der Waals surface area contributed by atoms with Crippen LogP contribution in [-0.2, 0) is 12.8 Å². The van der Waals surface area contributed by atoms with Gasteiger partial charge >= 0.3 is 0 Å². The van der Waals surface area contributed by atoms with E-state index in [1.807, 2.05) is 41.1 Å². The molecule has 0 radical (unpaired) electrons. The van der Waals surface area contributed by atoms with Crippen LogP contribution in [-0.4, -0.2) is 23.4 Å². The van der Waals surface area contributed by atoms with E-state index in [0.717, 1.165) is 47.4 Å². The van der Waals surface area contributed by atoms with E-state index >= 15 is 0 Å². The Morgan fingerprint density at radius 1 is 1.21 bits per heavy atom.